The lowest BCUT2D eigenvalue weighted by Crippen LogP contribution is -2.03. The molecule has 3 nitrogen and oxygen atoms in total. The van der Waals surface area contributed by atoms with Crippen LogP contribution in [-0.4, -0.2) is 12.0 Å². The summed E-state index contributed by atoms with van der Waals surface area (Å²) in [7, 11) is 1.53. The molecule has 0 saturated carbocycles. The van der Waals surface area contributed by atoms with E-state index >= 15 is 0 Å². The van der Waals surface area contributed by atoms with Crippen molar-refractivity contribution in [3.8, 4) is 0 Å². The number of benzene rings is 1. The Morgan fingerprint density at radius 3 is 2.22 bits per heavy atom. The number of halogens is 2. The smallest absolute Gasteiger partial charge is 0.169 e. The molecule has 0 aliphatic carbocycles. The normalized spacial score (nSPS) is 10.2. The fourth-order valence-electron chi connectivity index (χ4n) is 1.50. The predicted molar refractivity (Wildman–Crippen MR) is 68.2 cm³/mol. The van der Waals surface area contributed by atoms with Gasteiger partial charge in [-0.05, 0) is 19.1 Å². The number of hydrogen-bond acceptors (Lipinski definition) is 3. The first-order valence-electron chi connectivity index (χ1n) is 5.47. The lowest BCUT2D eigenvalue weighted by molar-refractivity contribution is 0.580. The van der Waals surface area contributed by atoms with Crippen LogP contribution in [0.4, 0.5) is 26.1 Å². The Bertz CT molecular complexity index is 553. The van der Waals surface area contributed by atoms with Crippen molar-refractivity contribution in [3.63, 3.8) is 0 Å². The van der Waals surface area contributed by atoms with Crippen LogP contribution in [0.5, 0.6) is 0 Å². The van der Waals surface area contributed by atoms with Crippen LogP contribution in [0, 0.1) is 18.6 Å². The molecule has 0 saturated heterocycles. The van der Waals surface area contributed by atoms with Gasteiger partial charge >= 0.3 is 0 Å². The van der Waals surface area contributed by atoms with E-state index in [0.717, 1.165) is 11.6 Å². The van der Waals surface area contributed by atoms with E-state index < -0.39 is 11.6 Å². The van der Waals surface area contributed by atoms with E-state index in [9.17, 15) is 8.78 Å². The second-order valence-electron chi connectivity index (χ2n) is 3.89. The molecule has 0 bridgehead atoms. The number of nitrogens with zero attached hydrogens (tertiary/aromatic N) is 1. The zero-order valence-corrected chi connectivity index (χ0v) is 10.1. The maximum atomic E-state index is 13.5. The number of nitrogens with one attached hydrogen (secondary N) is 2. The number of anilines is 3. The van der Waals surface area contributed by atoms with E-state index in [4.69, 9.17) is 0 Å². The molecule has 0 aliphatic rings. The van der Waals surface area contributed by atoms with Crippen molar-refractivity contribution < 1.29 is 8.78 Å². The van der Waals surface area contributed by atoms with Gasteiger partial charge in [-0.1, -0.05) is 17.7 Å². The summed E-state index contributed by atoms with van der Waals surface area (Å²) >= 11 is 0. The molecule has 0 fully saturated rings. The second kappa shape index (κ2) is 5.00. The Hall–Kier alpha value is -2.17. The molecule has 2 N–H and O–H groups in total. The summed E-state index contributed by atoms with van der Waals surface area (Å²) in [6.45, 7) is 1.96. The average molecular weight is 249 g/mol. The van der Waals surface area contributed by atoms with Crippen molar-refractivity contribution in [2.75, 3.05) is 17.7 Å². The maximum absolute atomic E-state index is 13.5. The monoisotopic (exact) mass is 249 g/mol. The Kier molecular flexibility index (Phi) is 3.41. The van der Waals surface area contributed by atoms with Crippen molar-refractivity contribution >= 4 is 17.3 Å². The van der Waals surface area contributed by atoms with Gasteiger partial charge in [-0.3, -0.25) is 0 Å². The third-order valence-corrected chi connectivity index (χ3v) is 2.48. The minimum Gasteiger partial charge on any atom is -0.371 e. The summed E-state index contributed by atoms with van der Waals surface area (Å²) in [4.78, 5) is 3.84. The highest BCUT2D eigenvalue weighted by Gasteiger charge is 2.10. The topological polar surface area (TPSA) is 37.0 Å². The van der Waals surface area contributed by atoms with E-state index in [2.05, 4.69) is 15.6 Å². The summed E-state index contributed by atoms with van der Waals surface area (Å²) in [5.74, 6) is -1.45. The predicted octanol–water partition coefficient (Wildman–Crippen LogP) is 3.45. The molecule has 0 radical (unpaired) electrons. The summed E-state index contributed by atoms with van der Waals surface area (Å²) in [5, 5.41) is 5.37. The largest absolute Gasteiger partial charge is 0.371 e. The van der Waals surface area contributed by atoms with Gasteiger partial charge in [-0.2, -0.15) is 0 Å². The summed E-state index contributed by atoms with van der Waals surface area (Å²) in [6.07, 6.45) is 0. The molecule has 2 rings (SSSR count). The van der Waals surface area contributed by atoms with Gasteiger partial charge in [0.15, 0.2) is 23.3 Å². The fourth-order valence-corrected chi connectivity index (χ4v) is 1.50. The molecule has 94 valence electrons. The van der Waals surface area contributed by atoms with Gasteiger partial charge in [-0.15, -0.1) is 0 Å². The molecule has 5 heteroatoms. The van der Waals surface area contributed by atoms with Crippen LogP contribution in [0.25, 0.3) is 0 Å². The van der Waals surface area contributed by atoms with Gasteiger partial charge in [-0.25, -0.2) is 13.8 Å². The van der Waals surface area contributed by atoms with E-state index in [-0.39, 0.29) is 11.6 Å². The van der Waals surface area contributed by atoms with Gasteiger partial charge in [0.25, 0.3) is 0 Å². The molecule has 0 aliphatic heterocycles. The first-order chi connectivity index (χ1) is 8.60. The number of aryl methyl sites for hydroxylation is 1. The Balaban J connectivity index is 2.31. The average Bonchev–Trinajstić information content (AvgIpc) is 2.35. The SMILES string of the molecule is CNc1nc(Nc2ccc(C)cc2)c(F)cc1F. The highest BCUT2D eigenvalue weighted by atomic mass is 19.1. The van der Waals surface area contributed by atoms with E-state index in [1.54, 1.807) is 12.1 Å². The molecule has 1 aromatic heterocycles. The highest BCUT2D eigenvalue weighted by molar-refractivity contribution is 5.59. The quantitative estimate of drug-likeness (QED) is 0.874. The van der Waals surface area contributed by atoms with Gasteiger partial charge in [0, 0.05) is 18.8 Å². The molecule has 1 aromatic carbocycles. The molecule has 18 heavy (non-hydrogen) atoms. The fraction of sp³-hybridized carbons (Fsp3) is 0.154. The van der Waals surface area contributed by atoms with Crippen LogP contribution in [0.3, 0.4) is 0 Å². The molecular formula is C13H13F2N3. The third-order valence-electron chi connectivity index (χ3n) is 2.48. The molecular weight excluding hydrogens is 236 g/mol. The zero-order chi connectivity index (χ0) is 13.1. The molecule has 2 aromatic rings. The molecule has 1 heterocycles. The number of pyridine rings is 1. The molecule has 0 spiro atoms. The zero-order valence-electron chi connectivity index (χ0n) is 10.1. The molecule has 0 unspecified atom stereocenters. The Labute approximate surface area is 104 Å². The van der Waals surface area contributed by atoms with Crippen molar-refractivity contribution in [1.29, 1.82) is 0 Å². The summed E-state index contributed by atoms with van der Waals surface area (Å²) < 4.78 is 26.8. The Morgan fingerprint density at radius 2 is 1.61 bits per heavy atom. The Morgan fingerprint density at radius 1 is 1.00 bits per heavy atom. The van der Waals surface area contributed by atoms with Crippen molar-refractivity contribution in [2.45, 2.75) is 6.92 Å². The second-order valence-corrected chi connectivity index (χ2v) is 3.89. The van der Waals surface area contributed by atoms with Gasteiger partial charge in [0.1, 0.15) is 0 Å². The first kappa shape index (κ1) is 12.3. The van der Waals surface area contributed by atoms with Crippen LogP contribution >= 0.6 is 0 Å². The van der Waals surface area contributed by atoms with Crippen LogP contribution in [0.15, 0.2) is 30.3 Å². The lowest BCUT2D eigenvalue weighted by atomic mass is 10.2. The van der Waals surface area contributed by atoms with Crippen molar-refractivity contribution in [3.05, 3.63) is 47.5 Å². The van der Waals surface area contributed by atoms with Crippen LogP contribution in [0.1, 0.15) is 5.56 Å². The van der Waals surface area contributed by atoms with Gasteiger partial charge < -0.3 is 10.6 Å². The summed E-state index contributed by atoms with van der Waals surface area (Å²) in [5.41, 5.74) is 1.80. The van der Waals surface area contributed by atoms with E-state index in [1.165, 1.54) is 7.05 Å². The van der Waals surface area contributed by atoms with Crippen LogP contribution < -0.4 is 10.6 Å². The number of hydrogen-bond donors (Lipinski definition) is 2. The van der Waals surface area contributed by atoms with Crippen LogP contribution in [-0.2, 0) is 0 Å². The lowest BCUT2D eigenvalue weighted by Gasteiger charge is -2.09. The van der Waals surface area contributed by atoms with Crippen molar-refractivity contribution in [1.82, 2.24) is 4.98 Å². The first-order valence-corrected chi connectivity index (χ1v) is 5.47. The summed E-state index contributed by atoms with van der Waals surface area (Å²) in [6, 6.07) is 8.19. The van der Waals surface area contributed by atoms with Gasteiger partial charge in [0.05, 0.1) is 0 Å². The minimum atomic E-state index is -0.730. The van der Waals surface area contributed by atoms with Gasteiger partial charge in [0.2, 0.25) is 0 Å². The van der Waals surface area contributed by atoms with E-state index in [1.807, 2.05) is 19.1 Å². The number of rotatable bonds is 3. The highest BCUT2D eigenvalue weighted by Crippen LogP contribution is 2.22. The van der Waals surface area contributed by atoms with E-state index in [0.29, 0.717) is 5.69 Å². The molecule has 0 atom stereocenters. The molecule has 0 amide bonds. The maximum Gasteiger partial charge on any atom is 0.169 e. The standard InChI is InChI=1S/C13H13F2N3/c1-8-3-5-9(6-4-8)17-13-11(15)7-10(14)12(16-2)18-13/h3-7H,1-2H3,(H2,16,17,18). The van der Waals surface area contributed by atoms with Crippen LogP contribution in [0.2, 0.25) is 0 Å². The minimum absolute atomic E-state index is 0.00557. The number of aromatic nitrogens is 1. The third kappa shape index (κ3) is 2.56. The van der Waals surface area contributed by atoms with Crippen molar-refractivity contribution in [2.24, 2.45) is 0 Å².